The molecule has 12 heavy (non-hydrogen) atoms. The summed E-state index contributed by atoms with van der Waals surface area (Å²) < 4.78 is 0. The molecule has 1 N–H and O–H groups in total. The molecule has 0 saturated heterocycles. The highest BCUT2D eigenvalue weighted by atomic mass is 16.1. The minimum atomic E-state index is -0.0713. The monoisotopic (exact) mass is 168 g/mol. The molecular formula is C9H16N2O. The highest BCUT2D eigenvalue weighted by Crippen LogP contribution is 2.01. The minimum Gasteiger partial charge on any atom is -0.378 e. The van der Waals surface area contributed by atoms with Crippen molar-refractivity contribution in [2.75, 3.05) is 21.1 Å². The Morgan fingerprint density at radius 1 is 1.50 bits per heavy atom. The molecule has 0 aliphatic carbocycles. The molecule has 0 spiro atoms. The zero-order chi connectivity index (χ0) is 9.72. The van der Waals surface area contributed by atoms with Gasteiger partial charge in [0.05, 0.1) is 0 Å². The summed E-state index contributed by atoms with van der Waals surface area (Å²) in [7, 11) is 5.38. The van der Waals surface area contributed by atoms with Crippen molar-refractivity contribution in [3.8, 4) is 0 Å². The Morgan fingerprint density at radius 2 is 2.00 bits per heavy atom. The second kappa shape index (κ2) is 4.59. The van der Waals surface area contributed by atoms with Gasteiger partial charge in [0.15, 0.2) is 0 Å². The quantitative estimate of drug-likeness (QED) is 0.498. The van der Waals surface area contributed by atoms with Gasteiger partial charge < -0.3 is 10.2 Å². The van der Waals surface area contributed by atoms with Gasteiger partial charge >= 0.3 is 0 Å². The summed E-state index contributed by atoms with van der Waals surface area (Å²) in [5.41, 5.74) is 1.48. The molecule has 0 radical (unpaired) electrons. The lowest BCUT2D eigenvalue weighted by Crippen LogP contribution is -2.19. The van der Waals surface area contributed by atoms with E-state index in [1.807, 2.05) is 19.0 Å². The fraction of sp³-hybridized carbons (Fsp3) is 0.444. The molecule has 0 rings (SSSR count). The molecule has 0 aliphatic rings. The maximum atomic E-state index is 11.0. The van der Waals surface area contributed by atoms with Crippen molar-refractivity contribution < 1.29 is 4.79 Å². The van der Waals surface area contributed by atoms with Crippen LogP contribution in [0, 0.1) is 0 Å². The molecule has 0 fully saturated rings. The molecule has 0 atom stereocenters. The first kappa shape index (κ1) is 10.8. The van der Waals surface area contributed by atoms with E-state index in [9.17, 15) is 4.79 Å². The third kappa shape index (κ3) is 3.23. The van der Waals surface area contributed by atoms with E-state index in [0.717, 1.165) is 5.70 Å². The normalized spacial score (nSPS) is 10.8. The molecule has 0 saturated carbocycles. The highest BCUT2D eigenvalue weighted by Gasteiger charge is 2.01. The van der Waals surface area contributed by atoms with Crippen LogP contribution in [0.1, 0.15) is 6.92 Å². The number of hydrogen-bond donors (Lipinski definition) is 1. The summed E-state index contributed by atoms with van der Waals surface area (Å²) in [6.07, 6.45) is 1.75. The van der Waals surface area contributed by atoms with Crippen LogP contribution < -0.4 is 5.32 Å². The Balaban J connectivity index is 4.36. The van der Waals surface area contributed by atoms with E-state index in [-0.39, 0.29) is 5.91 Å². The first-order valence-corrected chi connectivity index (χ1v) is 3.75. The number of amides is 1. The number of hydrogen-bond acceptors (Lipinski definition) is 2. The van der Waals surface area contributed by atoms with E-state index in [1.165, 1.54) is 0 Å². The number of likely N-dealkylation sites (N-methyl/N-ethyl adjacent to an activating group) is 2. The van der Waals surface area contributed by atoms with Crippen molar-refractivity contribution in [3.63, 3.8) is 0 Å². The third-order valence-electron chi connectivity index (χ3n) is 1.54. The molecule has 0 aromatic carbocycles. The SMILES string of the molecule is C=C(/C=C(\C)C(=O)NC)N(C)C. The summed E-state index contributed by atoms with van der Waals surface area (Å²) in [4.78, 5) is 12.9. The Bertz CT molecular complexity index is 217. The number of rotatable bonds is 3. The number of nitrogens with zero attached hydrogens (tertiary/aromatic N) is 1. The molecular weight excluding hydrogens is 152 g/mol. The molecule has 0 aliphatic heterocycles. The first-order chi connectivity index (χ1) is 5.49. The second-order valence-electron chi connectivity index (χ2n) is 2.79. The Morgan fingerprint density at radius 3 is 2.33 bits per heavy atom. The molecule has 0 aromatic heterocycles. The summed E-state index contributed by atoms with van der Waals surface area (Å²) in [5.74, 6) is -0.0713. The standard InChI is InChI=1S/C9H16N2O/c1-7(9(12)10-3)6-8(2)11(4)5/h6H,2H2,1,3-5H3,(H,10,12)/b7-6+. The van der Waals surface area contributed by atoms with Crippen LogP contribution in [0.4, 0.5) is 0 Å². The van der Waals surface area contributed by atoms with Gasteiger partial charge in [-0.25, -0.2) is 0 Å². The molecule has 0 aromatic rings. The van der Waals surface area contributed by atoms with Crippen molar-refractivity contribution in [1.29, 1.82) is 0 Å². The van der Waals surface area contributed by atoms with E-state index in [0.29, 0.717) is 5.57 Å². The summed E-state index contributed by atoms with van der Waals surface area (Å²) in [5, 5.41) is 2.54. The van der Waals surface area contributed by atoms with Crippen LogP contribution >= 0.6 is 0 Å². The van der Waals surface area contributed by atoms with Crippen LogP contribution in [-0.2, 0) is 4.79 Å². The molecule has 0 heterocycles. The van der Waals surface area contributed by atoms with Gasteiger partial charge in [0.2, 0.25) is 5.91 Å². The molecule has 0 unspecified atom stereocenters. The van der Waals surface area contributed by atoms with Gasteiger partial charge in [-0.1, -0.05) is 6.58 Å². The lowest BCUT2D eigenvalue weighted by Gasteiger charge is -2.12. The zero-order valence-electron chi connectivity index (χ0n) is 8.14. The molecule has 0 bridgehead atoms. The van der Waals surface area contributed by atoms with Crippen molar-refractivity contribution in [1.82, 2.24) is 10.2 Å². The van der Waals surface area contributed by atoms with E-state index in [1.54, 1.807) is 20.0 Å². The third-order valence-corrected chi connectivity index (χ3v) is 1.54. The molecule has 1 amide bonds. The first-order valence-electron chi connectivity index (χ1n) is 3.75. The summed E-state index contributed by atoms with van der Waals surface area (Å²) >= 11 is 0. The Hall–Kier alpha value is -1.25. The molecule has 68 valence electrons. The van der Waals surface area contributed by atoms with Gasteiger partial charge in [0.1, 0.15) is 0 Å². The smallest absolute Gasteiger partial charge is 0.246 e. The molecule has 3 nitrogen and oxygen atoms in total. The summed E-state index contributed by atoms with van der Waals surface area (Å²) in [6.45, 7) is 5.54. The van der Waals surface area contributed by atoms with Gasteiger partial charge in [-0.15, -0.1) is 0 Å². The van der Waals surface area contributed by atoms with Gasteiger partial charge in [-0.3, -0.25) is 4.79 Å². The van der Waals surface area contributed by atoms with Crippen molar-refractivity contribution in [2.45, 2.75) is 6.92 Å². The van der Waals surface area contributed by atoms with Crippen LogP contribution in [0.15, 0.2) is 23.9 Å². The Kier molecular flexibility index (Phi) is 4.11. The van der Waals surface area contributed by atoms with Crippen LogP contribution in [0.3, 0.4) is 0 Å². The highest BCUT2D eigenvalue weighted by molar-refractivity contribution is 5.92. The van der Waals surface area contributed by atoms with Gasteiger partial charge in [0.25, 0.3) is 0 Å². The van der Waals surface area contributed by atoms with E-state index in [4.69, 9.17) is 0 Å². The van der Waals surface area contributed by atoms with E-state index in [2.05, 4.69) is 11.9 Å². The van der Waals surface area contributed by atoms with Crippen molar-refractivity contribution in [3.05, 3.63) is 23.9 Å². The minimum absolute atomic E-state index is 0.0713. The van der Waals surface area contributed by atoms with Gasteiger partial charge in [-0.05, 0) is 13.0 Å². The fourth-order valence-corrected chi connectivity index (χ4v) is 0.642. The van der Waals surface area contributed by atoms with Crippen molar-refractivity contribution >= 4 is 5.91 Å². The number of nitrogens with one attached hydrogen (secondary N) is 1. The van der Waals surface area contributed by atoms with E-state index >= 15 is 0 Å². The average Bonchev–Trinajstić information content (AvgIpc) is 2.02. The van der Waals surface area contributed by atoms with Crippen LogP contribution in [0.2, 0.25) is 0 Å². The fourth-order valence-electron chi connectivity index (χ4n) is 0.642. The van der Waals surface area contributed by atoms with Crippen LogP contribution in [0.5, 0.6) is 0 Å². The largest absolute Gasteiger partial charge is 0.378 e. The van der Waals surface area contributed by atoms with Crippen molar-refractivity contribution in [2.24, 2.45) is 0 Å². The van der Waals surface area contributed by atoms with Crippen LogP contribution in [0.25, 0.3) is 0 Å². The maximum Gasteiger partial charge on any atom is 0.246 e. The van der Waals surface area contributed by atoms with E-state index < -0.39 is 0 Å². The zero-order valence-corrected chi connectivity index (χ0v) is 8.14. The lowest BCUT2D eigenvalue weighted by atomic mass is 10.2. The lowest BCUT2D eigenvalue weighted by molar-refractivity contribution is -0.117. The van der Waals surface area contributed by atoms with Gasteiger partial charge in [0, 0.05) is 32.4 Å². The summed E-state index contributed by atoms with van der Waals surface area (Å²) in [6, 6.07) is 0. The number of carbonyl (C=O) groups excluding carboxylic acids is 1. The molecule has 3 heteroatoms. The maximum absolute atomic E-state index is 11.0. The number of carbonyl (C=O) groups is 1. The predicted octanol–water partition coefficient (Wildman–Crippen LogP) is 0.754. The topological polar surface area (TPSA) is 32.3 Å². The average molecular weight is 168 g/mol. The van der Waals surface area contributed by atoms with Crippen LogP contribution in [-0.4, -0.2) is 32.0 Å². The predicted molar refractivity (Wildman–Crippen MR) is 50.7 cm³/mol. The van der Waals surface area contributed by atoms with Gasteiger partial charge in [-0.2, -0.15) is 0 Å². The Labute approximate surface area is 73.8 Å². The second-order valence-corrected chi connectivity index (χ2v) is 2.79. The number of allylic oxidation sites excluding steroid dienone is 1.